The molecular weight excluding hydrogens is 220 g/mol. The molecule has 2 heteroatoms. The van der Waals surface area contributed by atoms with E-state index in [-0.39, 0.29) is 0 Å². The number of fused-ring (bicyclic) bond motifs is 1. The smallest absolute Gasteiger partial charge is 0.0365 e. The topological polar surface area (TPSA) is 29.3 Å². The second-order valence-corrected chi connectivity index (χ2v) is 7.51. The molecule has 6 unspecified atom stereocenters. The van der Waals surface area contributed by atoms with Crippen molar-refractivity contribution in [2.45, 2.75) is 64.5 Å². The lowest BCUT2D eigenvalue weighted by atomic mass is 9.74. The molecule has 0 aromatic carbocycles. The Balaban J connectivity index is 1.86. The summed E-state index contributed by atoms with van der Waals surface area (Å²) in [5.74, 6) is 3.62. The third-order valence-corrected chi connectivity index (χ3v) is 6.32. The van der Waals surface area contributed by atoms with Crippen molar-refractivity contribution in [2.75, 3.05) is 13.1 Å². The van der Waals surface area contributed by atoms with Gasteiger partial charge in [0.1, 0.15) is 0 Å². The Morgan fingerprint density at radius 3 is 2.72 bits per heavy atom. The summed E-state index contributed by atoms with van der Waals surface area (Å²) in [7, 11) is 0. The van der Waals surface area contributed by atoms with Gasteiger partial charge in [-0.1, -0.05) is 26.7 Å². The highest BCUT2D eigenvalue weighted by molar-refractivity contribution is 5.12. The standard InChI is InChI=1S/C16H30N2/c1-11-7-12(2)13(3)18(9-11)16(10-17)6-4-5-14-8-15(14)16/h11-15H,4-10,17H2,1-3H3. The van der Waals surface area contributed by atoms with Gasteiger partial charge >= 0.3 is 0 Å². The van der Waals surface area contributed by atoms with Gasteiger partial charge in [-0.2, -0.15) is 0 Å². The Bertz CT molecular complexity index is 316. The first-order valence-electron chi connectivity index (χ1n) is 8.05. The van der Waals surface area contributed by atoms with Crippen LogP contribution in [-0.2, 0) is 0 Å². The fourth-order valence-corrected chi connectivity index (χ4v) is 5.11. The van der Waals surface area contributed by atoms with E-state index in [2.05, 4.69) is 25.7 Å². The molecule has 0 aromatic rings. The molecule has 0 aromatic heterocycles. The molecule has 2 aliphatic carbocycles. The monoisotopic (exact) mass is 250 g/mol. The van der Waals surface area contributed by atoms with Gasteiger partial charge in [0.2, 0.25) is 0 Å². The van der Waals surface area contributed by atoms with Crippen LogP contribution in [0.1, 0.15) is 52.9 Å². The normalized spacial score (nSPS) is 53.0. The number of likely N-dealkylation sites (tertiary alicyclic amines) is 1. The fraction of sp³-hybridized carbons (Fsp3) is 1.00. The first-order chi connectivity index (χ1) is 8.58. The molecular formula is C16H30N2. The first-order valence-corrected chi connectivity index (χ1v) is 8.05. The molecule has 3 aliphatic rings. The highest BCUT2D eigenvalue weighted by Crippen LogP contribution is 2.58. The zero-order valence-electron chi connectivity index (χ0n) is 12.4. The first kappa shape index (κ1) is 12.9. The highest BCUT2D eigenvalue weighted by atomic mass is 15.3. The van der Waals surface area contributed by atoms with Crippen molar-refractivity contribution in [1.29, 1.82) is 0 Å². The second-order valence-electron chi connectivity index (χ2n) is 7.51. The van der Waals surface area contributed by atoms with Crippen molar-refractivity contribution >= 4 is 0 Å². The quantitative estimate of drug-likeness (QED) is 0.816. The molecule has 1 aliphatic heterocycles. The van der Waals surface area contributed by atoms with Crippen molar-refractivity contribution in [3.05, 3.63) is 0 Å². The number of hydrogen-bond acceptors (Lipinski definition) is 2. The lowest BCUT2D eigenvalue weighted by Crippen LogP contribution is -2.63. The van der Waals surface area contributed by atoms with E-state index in [9.17, 15) is 0 Å². The third-order valence-electron chi connectivity index (χ3n) is 6.32. The molecule has 18 heavy (non-hydrogen) atoms. The van der Waals surface area contributed by atoms with Gasteiger partial charge in [-0.15, -0.1) is 0 Å². The van der Waals surface area contributed by atoms with E-state index in [0.717, 1.165) is 36.3 Å². The van der Waals surface area contributed by atoms with Gasteiger partial charge in [0.15, 0.2) is 0 Å². The molecule has 2 nitrogen and oxygen atoms in total. The maximum Gasteiger partial charge on any atom is 0.0365 e. The van der Waals surface area contributed by atoms with Gasteiger partial charge in [-0.05, 0) is 49.9 Å². The lowest BCUT2D eigenvalue weighted by molar-refractivity contribution is -0.0434. The molecule has 6 atom stereocenters. The Labute approximate surface area is 112 Å². The van der Waals surface area contributed by atoms with E-state index in [1.165, 1.54) is 38.6 Å². The highest BCUT2D eigenvalue weighted by Gasteiger charge is 2.58. The van der Waals surface area contributed by atoms with E-state index < -0.39 is 0 Å². The van der Waals surface area contributed by atoms with Crippen LogP contribution in [0.25, 0.3) is 0 Å². The molecule has 3 rings (SSSR count). The summed E-state index contributed by atoms with van der Waals surface area (Å²) in [6.45, 7) is 9.47. The molecule has 2 saturated carbocycles. The van der Waals surface area contributed by atoms with Crippen LogP contribution in [0, 0.1) is 23.7 Å². The van der Waals surface area contributed by atoms with Crippen LogP contribution >= 0.6 is 0 Å². The van der Waals surface area contributed by atoms with Crippen LogP contribution in [0.2, 0.25) is 0 Å². The molecule has 0 bridgehead atoms. The third kappa shape index (κ3) is 1.84. The van der Waals surface area contributed by atoms with Crippen LogP contribution in [0.4, 0.5) is 0 Å². The lowest BCUT2D eigenvalue weighted by Gasteiger charge is -2.54. The summed E-state index contributed by atoms with van der Waals surface area (Å²) >= 11 is 0. The Morgan fingerprint density at radius 2 is 2.00 bits per heavy atom. The minimum absolute atomic E-state index is 0.366. The average Bonchev–Trinajstić information content (AvgIpc) is 3.13. The zero-order chi connectivity index (χ0) is 12.9. The SMILES string of the molecule is CC1CC(C)C(C)N(C2(CN)CCCC3CC32)C1. The predicted octanol–water partition coefficient (Wildman–Crippen LogP) is 2.87. The number of hydrogen-bond donors (Lipinski definition) is 1. The Hall–Kier alpha value is -0.0800. The van der Waals surface area contributed by atoms with Gasteiger partial charge in [0.05, 0.1) is 0 Å². The largest absolute Gasteiger partial charge is 0.329 e. The summed E-state index contributed by atoms with van der Waals surface area (Å²) in [5.41, 5.74) is 6.66. The Kier molecular flexibility index (Phi) is 3.22. The van der Waals surface area contributed by atoms with Gasteiger partial charge < -0.3 is 5.73 Å². The van der Waals surface area contributed by atoms with Crippen LogP contribution in [0.3, 0.4) is 0 Å². The van der Waals surface area contributed by atoms with Gasteiger partial charge in [-0.25, -0.2) is 0 Å². The van der Waals surface area contributed by atoms with Crippen molar-refractivity contribution in [2.24, 2.45) is 29.4 Å². The number of rotatable bonds is 2. The minimum Gasteiger partial charge on any atom is -0.329 e. The van der Waals surface area contributed by atoms with Crippen molar-refractivity contribution in [1.82, 2.24) is 4.90 Å². The molecule has 0 spiro atoms. The van der Waals surface area contributed by atoms with Crippen LogP contribution in [-0.4, -0.2) is 29.6 Å². The molecule has 0 radical (unpaired) electrons. The summed E-state index contributed by atoms with van der Waals surface area (Å²) in [4.78, 5) is 2.84. The predicted molar refractivity (Wildman–Crippen MR) is 76.3 cm³/mol. The summed E-state index contributed by atoms with van der Waals surface area (Å²) in [6.07, 6.45) is 7.09. The van der Waals surface area contributed by atoms with Crippen molar-refractivity contribution < 1.29 is 0 Å². The zero-order valence-corrected chi connectivity index (χ0v) is 12.4. The Morgan fingerprint density at radius 1 is 1.22 bits per heavy atom. The van der Waals surface area contributed by atoms with Gasteiger partial charge in [0.25, 0.3) is 0 Å². The molecule has 3 fully saturated rings. The molecule has 0 amide bonds. The van der Waals surface area contributed by atoms with E-state index in [4.69, 9.17) is 5.73 Å². The maximum atomic E-state index is 6.30. The molecule has 1 heterocycles. The van der Waals surface area contributed by atoms with Crippen LogP contribution < -0.4 is 5.73 Å². The summed E-state index contributed by atoms with van der Waals surface area (Å²) in [6, 6.07) is 0.726. The number of nitrogens with two attached hydrogens (primary N) is 1. The van der Waals surface area contributed by atoms with E-state index in [1.54, 1.807) is 0 Å². The van der Waals surface area contributed by atoms with Crippen LogP contribution in [0.15, 0.2) is 0 Å². The molecule has 1 saturated heterocycles. The van der Waals surface area contributed by atoms with Crippen molar-refractivity contribution in [3.8, 4) is 0 Å². The minimum atomic E-state index is 0.366. The molecule has 2 N–H and O–H groups in total. The maximum absolute atomic E-state index is 6.30. The van der Waals surface area contributed by atoms with Crippen LogP contribution in [0.5, 0.6) is 0 Å². The fourth-order valence-electron chi connectivity index (χ4n) is 5.11. The van der Waals surface area contributed by atoms with Gasteiger partial charge in [-0.3, -0.25) is 4.90 Å². The van der Waals surface area contributed by atoms with E-state index in [0.29, 0.717) is 5.54 Å². The van der Waals surface area contributed by atoms with Gasteiger partial charge in [0, 0.05) is 24.7 Å². The van der Waals surface area contributed by atoms with Crippen molar-refractivity contribution in [3.63, 3.8) is 0 Å². The number of nitrogens with zero attached hydrogens (tertiary/aromatic N) is 1. The number of piperidine rings is 1. The second kappa shape index (κ2) is 4.49. The molecule has 104 valence electrons. The summed E-state index contributed by atoms with van der Waals surface area (Å²) in [5, 5.41) is 0. The summed E-state index contributed by atoms with van der Waals surface area (Å²) < 4.78 is 0. The van der Waals surface area contributed by atoms with E-state index >= 15 is 0 Å². The average molecular weight is 250 g/mol. The van der Waals surface area contributed by atoms with E-state index in [1.807, 2.05) is 0 Å².